The molecule has 4 aromatic rings. The molecule has 202 valence electrons. The van der Waals surface area contributed by atoms with E-state index in [1.165, 1.54) is 11.8 Å². The number of amidine groups is 1. The molecule has 0 atom stereocenters. The number of carbonyl (C=O) groups excluding carboxylic acids is 1. The molecule has 3 aromatic carbocycles. The van der Waals surface area contributed by atoms with E-state index in [1.807, 2.05) is 95.8 Å². The Morgan fingerprint density at radius 2 is 1.80 bits per heavy atom. The average Bonchev–Trinajstić information content (AvgIpc) is 3.57. The molecule has 2 aliphatic rings. The molecule has 0 spiro atoms. The van der Waals surface area contributed by atoms with Gasteiger partial charge in [-0.05, 0) is 78.6 Å². The zero-order valence-corrected chi connectivity index (χ0v) is 23.7. The summed E-state index contributed by atoms with van der Waals surface area (Å²) in [4.78, 5) is 20.2. The van der Waals surface area contributed by atoms with E-state index in [9.17, 15) is 4.79 Å². The van der Waals surface area contributed by atoms with Crippen molar-refractivity contribution >= 4 is 40.5 Å². The largest absolute Gasteiger partial charge is 0.489 e. The molecule has 0 unspecified atom stereocenters. The van der Waals surface area contributed by atoms with Gasteiger partial charge in [-0.1, -0.05) is 61.0 Å². The Morgan fingerprint density at radius 1 is 1.02 bits per heavy atom. The Bertz CT molecular complexity index is 1570. The van der Waals surface area contributed by atoms with Gasteiger partial charge in [0.1, 0.15) is 18.1 Å². The summed E-state index contributed by atoms with van der Waals surface area (Å²) in [7, 11) is 0. The lowest BCUT2D eigenvalue weighted by Crippen LogP contribution is -2.35. The number of amides is 1. The highest BCUT2D eigenvalue weighted by Crippen LogP contribution is 2.35. The van der Waals surface area contributed by atoms with Crippen molar-refractivity contribution in [2.24, 2.45) is 10.9 Å². The molecule has 1 fully saturated rings. The highest BCUT2D eigenvalue weighted by molar-refractivity contribution is 8.18. The Kier molecular flexibility index (Phi) is 7.75. The first-order chi connectivity index (χ1) is 19.5. The number of piperidine rings is 1. The third-order valence-corrected chi connectivity index (χ3v) is 8.44. The van der Waals surface area contributed by atoms with Crippen LogP contribution in [0.3, 0.4) is 0 Å². The molecule has 6 nitrogen and oxygen atoms in total. The SMILES string of the molecule is CC1CCN(C2=NC(=O)/C(=C/c3cn(-c4ccccc4)nc3-c3cccc(OCc4ccc(Cl)cc4)c3)S2)CC1. The first-order valence-corrected chi connectivity index (χ1v) is 14.6. The van der Waals surface area contributed by atoms with Gasteiger partial charge in [0.2, 0.25) is 0 Å². The molecule has 40 heavy (non-hydrogen) atoms. The lowest BCUT2D eigenvalue weighted by Gasteiger charge is -2.30. The van der Waals surface area contributed by atoms with Gasteiger partial charge >= 0.3 is 0 Å². The maximum absolute atomic E-state index is 13.0. The van der Waals surface area contributed by atoms with Crippen LogP contribution in [-0.2, 0) is 11.4 Å². The second-order valence-electron chi connectivity index (χ2n) is 10.1. The van der Waals surface area contributed by atoms with E-state index >= 15 is 0 Å². The van der Waals surface area contributed by atoms with Crippen molar-refractivity contribution in [3.63, 3.8) is 0 Å². The van der Waals surface area contributed by atoms with E-state index in [1.54, 1.807) is 0 Å². The van der Waals surface area contributed by atoms with Gasteiger partial charge in [0.25, 0.3) is 5.91 Å². The van der Waals surface area contributed by atoms with Crippen molar-refractivity contribution < 1.29 is 9.53 Å². The fraction of sp³-hybridized carbons (Fsp3) is 0.219. The first kappa shape index (κ1) is 26.4. The zero-order chi connectivity index (χ0) is 27.5. The molecule has 0 aliphatic carbocycles. The molecule has 0 radical (unpaired) electrons. The number of para-hydroxylation sites is 1. The van der Waals surface area contributed by atoms with Gasteiger partial charge in [-0.15, -0.1) is 0 Å². The minimum absolute atomic E-state index is 0.197. The maximum Gasteiger partial charge on any atom is 0.286 e. The standard InChI is InChI=1S/C32H29ClN4O2S/c1-22-14-16-36(17-15-22)32-34-31(38)29(40-32)19-25-20-37(27-7-3-2-4-8-27)35-30(25)24-6-5-9-28(18-24)39-21-23-10-12-26(33)13-11-23/h2-13,18-20,22H,14-17,21H2,1H3/b29-19-. The van der Waals surface area contributed by atoms with Gasteiger partial charge in [-0.3, -0.25) is 4.79 Å². The van der Waals surface area contributed by atoms with Crippen LogP contribution in [0.15, 0.2) is 95.0 Å². The van der Waals surface area contributed by atoms with Crippen LogP contribution in [0.25, 0.3) is 23.0 Å². The van der Waals surface area contributed by atoms with Gasteiger partial charge in [0.05, 0.1) is 10.6 Å². The number of ether oxygens (including phenoxy) is 1. The van der Waals surface area contributed by atoms with Crippen LogP contribution in [0.1, 0.15) is 30.9 Å². The van der Waals surface area contributed by atoms with Crippen molar-refractivity contribution in [2.75, 3.05) is 13.1 Å². The Balaban J connectivity index is 1.29. The van der Waals surface area contributed by atoms with E-state index in [0.29, 0.717) is 22.5 Å². The number of benzene rings is 3. The van der Waals surface area contributed by atoms with Crippen molar-refractivity contribution in [1.29, 1.82) is 0 Å². The number of thioether (sulfide) groups is 1. The lowest BCUT2D eigenvalue weighted by molar-refractivity contribution is -0.113. The van der Waals surface area contributed by atoms with Crippen molar-refractivity contribution in [1.82, 2.24) is 14.7 Å². The Labute approximate surface area is 243 Å². The van der Waals surface area contributed by atoms with Gasteiger partial charge in [-0.2, -0.15) is 10.1 Å². The van der Waals surface area contributed by atoms with Crippen LogP contribution < -0.4 is 4.74 Å². The number of rotatable bonds is 6. The number of hydrogen-bond donors (Lipinski definition) is 0. The minimum atomic E-state index is -0.197. The number of nitrogens with zero attached hydrogens (tertiary/aromatic N) is 4. The quantitative estimate of drug-likeness (QED) is 0.226. The summed E-state index contributed by atoms with van der Waals surface area (Å²) in [5.74, 6) is 1.25. The maximum atomic E-state index is 13.0. The molecule has 1 aromatic heterocycles. The molecular formula is C32H29ClN4O2S. The lowest BCUT2D eigenvalue weighted by atomic mass is 10.00. The van der Waals surface area contributed by atoms with Crippen LogP contribution in [0, 0.1) is 5.92 Å². The number of likely N-dealkylation sites (tertiary alicyclic amines) is 1. The van der Waals surface area contributed by atoms with Gasteiger partial charge in [-0.25, -0.2) is 4.68 Å². The highest BCUT2D eigenvalue weighted by atomic mass is 35.5. The highest BCUT2D eigenvalue weighted by Gasteiger charge is 2.28. The molecule has 1 amide bonds. The van der Waals surface area contributed by atoms with E-state index in [2.05, 4.69) is 16.8 Å². The second kappa shape index (κ2) is 11.7. The molecule has 6 rings (SSSR count). The molecule has 0 saturated carbocycles. The molecule has 2 aliphatic heterocycles. The van der Waals surface area contributed by atoms with Crippen LogP contribution in [0.2, 0.25) is 5.02 Å². The van der Waals surface area contributed by atoms with E-state index in [-0.39, 0.29) is 5.91 Å². The van der Waals surface area contributed by atoms with E-state index < -0.39 is 0 Å². The minimum Gasteiger partial charge on any atom is -0.489 e. The molecule has 0 N–H and O–H groups in total. The molecule has 3 heterocycles. The van der Waals surface area contributed by atoms with Crippen LogP contribution in [0.4, 0.5) is 0 Å². The van der Waals surface area contributed by atoms with Crippen LogP contribution in [0.5, 0.6) is 5.75 Å². The van der Waals surface area contributed by atoms with Gasteiger partial charge in [0, 0.05) is 35.4 Å². The first-order valence-electron chi connectivity index (χ1n) is 13.4. The number of hydrogen-bond acceptors (Lipinski definition) is 5. The van der Waals surface area contributed by atoms with Gasteiger partial charge in [0.15, 0.2) is 5.17 Å². The average molecular weight is 569 g/mol. The molecule has 8 heteroatoms. The summed E-state index contributed by atoms with van der Waals surface area (Å²) in [6, 6.07) is 25.5. The Hall–Kier alpha value is -3.81. The zero-order valence-electron chi connectivity index (χ0n) is 22.2. The smallest absolute Gasteiger partial charge is 0.286 e. The fourth-order valence-corrected chi connectivity index (χ4v) is 5.87. The van der Waals surface area contributed by atoms with E-state index in [0.717, 1.165) is 64.9 Å². The monoisotopic (exact) mass is 568 g/mol. The van der Waals surface area contributed by atoms with Crippen molar-refractivity contribution in [3.05, 3.63) is 106 Å². The van der Waals surface area contributed by atoms with Gasteiger partial charge < -0.3 is 9.64 Å². The van der Waals surface area contributed by atoms with Crippen LogP contribution in [-0.4, -0.2) is 38.8 Å². The third kappa shape index (κ3) is 6.01. The third-order valence-electron chi connectivity index (χ3n) is 7.14. The molecular weight excluding hydrogens is 540 g/mol. The number of halogens is 1. The molecule has 1 saturated heterocycles. The summed E-state index contributed by atoms with van der Waals surface area (Å²) in [6.45, 7) is 4.58. The summed E-state index contributed by atoms with van der Waals surface area (Å²) in [5.41, 5.74) is 4.48. The predicted molar refractivity (Wildman–Crippen MR) is 163 cm³/mol. The van der Waals surface area contributed by atoms with Crippen molar-refractivity contribution in [3.8, 4) is 22.7 Å². The van der Waals surface area contributed by atoms with Crippen LogP contribution >= 0.6 is 23.4 Å². The second-order valence-corrected chi connectivity index (χ2v) is 11.6. The summed E-state index contributed by atoms with van der Waals surface area (Å²) < 4.78 is 7.94. The Morgan fingerprint density at radius 3 is 2.58 bits per heavy atom. The summed E-state index contributed by atoms with van der Waals surface area (Å²) >= 11 is 7.47. The topological polar surface area (TPSA) is 59.7 Å². The number of aromatic nitrogens is 2. The van der Waals surface area contributed by atoms with E-state index in [4.69, 9.17) is 21.4 Å². The fourth-order valence-electron chi connectivity index (χ4n) is 4.79. The summed E-state index contributed by atoms with van der Waals surface area (Å²) in [6.07, 6.45) is 6.13. The molecule has 0 bridgehead atoms. The summed E-state index contributed by atoms with van der Waals surface area (Å²) in [5, 5.41) is 6.44. The van der Waals surface area contributed by atoms with Crippen molar-refractivity contribution in [2.45, 2.75) is 26.4 Å². The number of carbonyl (C=O) groups is 1. The normalized spacial score (nSPS) is 16.9. The number of aliphatic imine (C=N–C) groups is 1. The predicted octanol–water partition coefficient (Wildman–Crippen LogP) is 7.47.